The molecule has 2 unspecified atom stereocenters. The van der Waals surface area contributed by atoms with Crippen LogP contribution in [0.4, 0.5) is 4.39 Å². The Morgan fingerprint density at radius 1 is 1.11 bits per heavy atom. The van der Waals surface area contributed by atoms with Crippen LogP contribution < -0.4 is 10.1 Å². The number of nitrogens with zero attached hydrogens (tertiary/aromatic N) is 2. The van der Waals surface area contributed by atoms with Gasteiger partial charge in [-0.2, -0.15) is 5.26 Å². The summed E-state index contributed by atoms with van der Waals surface area (Å²) in [6.07, 6.45) is 2.32. The van der Waals surface area contributed by atoms with Crippen molar-refractivity contribution < 1.29 is 24.0 Å². The lowest BCUT2D eigenvalue weighted by atomic mass is 9.76. The predicted octanol–water partition coefficient (Wildman–Crippen LogP) is 3.22. The van der Waals surface area contributed by atoms with E-state index in [4.69, 9.17) is 4.74 Å². The molecule has 3 aromatic rings. The van der Waals surface area contributed by atoms with Crippen molar-refractivity contribution >= 4 is 13.0 Å². The van der Waals surface area contributed by atoms with Crippen molar-refractivity contribution in [2.24, 2.45) is 5.92 Å². The van der Waals surface area contributed by atoms with Crippen molar-refractivity contribution in [3.8, 4) is 11.8 Å². The zero-order chi connectivity index (χ0) is 25.9. The highest BCUT2D eigenvalue weighted by Gasteiger charge is 2.26. The van der Waals surface area contributed by atoms with E-state index in [1.807, 2.05) is 55.5 Å². The van der Waals surface area contributed by atoms with Gasteiger partial charge in [-0.15, -0.1) is 0 Å². The SMILES string of the molecule is CC(Cc1cccc(OCCC(=O)N[C@@H](Cc2ccccc2)B(O)O)c1)C(C#N)c1ncccc1F. The molecule has 7 nitrogen and oxygen atoms in total. The Kier molecular flexibility index (Phi) is 9.98. The molecule has 2 aromatic carbocycles. The van der Waals surface area contributed by atoms with E-state index in [2.05, 4.69) is 16.4 Å². The minimum atomic E-state index is -1.69. The molecule has 0 spiro atoms. The van der Waals surface area contributed by atoms with Crippen LogP contribution in [0.2, 0.25) is 0 Å². The van der Waals surface area contributed by atoms with E-state index in [1.54, 1.807) is 6.07 Å². The largest absolute Gasteiger partial charge is 0.493 e. The minimum Gasteiger partial charge on any atom is -0.493 e. The molecule has 0 saturated heterocycles. The Morgan fingerprint density at radius 2 is 1.86 bits per heavy atom. The summed E-state index contributed by atoms with van der Waals surface area (Å²) in [5, 5.41) is 31.5. The van der Waals surface area contributed by atoms with Gasteiger partial charge in [-0.25, -0.2) is 4.39 Å². The Bertz CT molecular complexity index is 1170. The fourth-order valence-electron chi connectivity index (χ4n) is 3.98. The average molecular weight is 489 g/mol. The van der Waals surface area contributed by atoms with Gasteiger partial charge in [0.15, 0.2) is 0 Å². The minimum absolute atomic E-state index is 0.0358. The monoisotopic (exact) mass is 489 g/mol. The van der Waals surface area contributed by atoms with Gasteiger partial charge in [0.1, 0.15) is 11.6 Å². The zero-order valence-corrected chi connectivity index (χ0v) is 20.0. The van der Waals surface area contributed by atoms with Crippen LogP contribution in [0.15, 0.2) is 72.9 Å². The van der Waals surface area contributed by atoms with Crippen molar-refractivity contribution in [2.45, 2.75) is 38.0 Å². The maximum atomic E-state index is 14.1. The highest BCUT2D eigenvalue weighted by atomic mass is 19.1. The standard InChI is InChI=1S/C27H29BFN3O4/c1-19(23(18-30)27-24(29)11-6-13-31-27)15-21-9-5-10-22(16-21)36-14-12-26(33)32-25(28(34)35)17-20-7-3-2-4-8-20/h2-11,13,16,19,23,25,34-35H,12,14-15,17H2,1H3,(H,32,33)/t19?,23?,25-/m0/s1. The molecule has 0 aliphatic carbocycles. The fraction of sp³-hybridized carbons (Fsp3) is 0.296. The van der Waals surface area contributed by atoms with Crippen molar-refractivity contribution in [2.75, 3.05) is 6.61 Å². The molecular weight excluding hydrogens is 460 g/mol. The third-order valence-electron chi connectivity index (χ3n) is 5.85. The third-order valence-corrected chi connectivity index (χ3v) is 5.85. The Hall–Kier alpha value is -3.74. The molecule has 0 aliphatic heterocycles. The number of pyridine rings is 1. The quantitative estimate of drug-likeness (QED) is 0.337. The van der Waals surface area contributed by atoms with Crippen LogP contribution in [0.25, 0.3) is 0 Å². The molecule has 0 saturated carbocycles. The summed E-state index contributed by atoms with van der Waals surface area (Å²) < 4.78 is 19.9. The molecule has 186 valence electrons. The maximum absolute atomic E-state index is 14.1. The molecule has 1 heterocycles. The van der Waals surface area contributed by atoms with Gasteiger partial charge in [-0.05, 0) is 54.2 Å². The second kappa shape index (κ2) is 13.4. The van der Waals surface area contributed by atoms with E-state index >= 15 is 0 Å². The number of halogens is 1. The Morgan fingerprint density at radius 3 is 2.56 bits per heavy atom. The Labute approximate surface area is 210 Å². The molecule has 36 heavy (non-hydrogen) atoms. The summed E-state index contributed by atoms with van der Waals surface area (Å²) in [5.41, 5.74) is 1.93. The zero-order valence-electron chi connectivity index (χ0n) is 20.0. The third kappa shape index (κ3) is 7.90. The number of hydrogen-bond donors (Lipinski definition) is 3. The van der Waals surface area contributed by atoms with Gasteiger partial charge in [0.05, 0.1) is 36.6 Å². The Balaban J connectivity index is 1.51. The van der Waals surface area contributed by atoms with Gasteiger partial charge in [0.2, 0.25) is 5.91 Å². The fourth-order valence-corrected chi connectivity index (χ4v) is 3.98. The second-order valence-electron chi connectivity index (χ2n) is 8.68. The lowest BCUT2D eigenvalue weighted by Crippen LogP contribution is -2.48. The van der Waals surface area contributed by atoms with Gasteiger partial charge in [0.25, 0.3) is 0 Å². The number of amides is 1. The van der Waals surface area contributed by atoms with E-state index in [0.29, 0.717) is 12.2 Å². The molecule has 3 rings (SSSR count). The van der Waals surface area contributed by atoms with Crippen LogP contribution in [-0.2, 0) is 17.6 Å². The number of nitrogens with one attached hydrogen (secondary N) is 1. The number of nitriles is 1. The first kappa shape index (κ1) is 26.9. The van der Waals surface area contributed by atoms with Crippen LogP contribution in [0.5, 0.6) is 5.75 Å². The summed E-state index contributed by atoms with van der Waals surface area (Å²) >= 11 is 0. The molecule has 1 aromatic heterocycles. The van der Waals surface area contributed by atoms with Crippen molar-refractivity contribution in [1.29, 1.82) is 5.26 Å². The van der Waals surface area contributed by atoms with Crippen LogP contribution in [-0.4, -0.2) is 40.6 Å². The predicted molar refractivity (Wildman–Crippen MR) is 134 cm³/mol. The number of hydrogen-bond acceptors (Lipinski definition) is 6. The van der Waals surface area contributed by atoms with Crippen LogP contribution >= 0.6 is 0 Å². The van der Waals surface area contributed by atoms with E-state index in [0.717, 1.165) is 11.1 Å². The molecule has 0 bridgehead atoms. The lowest BCUT2D eigenvalue weighted by molar-refractivity contribution is -0.122. The van der Waals surface area contributed by atoms with Crippen LogP contribution in [0.3, 0.4) is 0 Å². The molecular formula is C27H29BFN3O4. The summed E-state index contributed by atoms with van der Waals surface area (Å²) in [6.45, 7) is 1.98. The maximum Gasteiger partial charge on any atom is 0.475 e. The second-order valence-corrected chi connectivity index (χ2v) is 8.68. The summed E-state index contributed by atoms with van der Waals surface area (Å²) in [4.78, 5) is 16.4. The topological polar surface area (TPSA) is 115 Å². The number of carbonyl (C=O) groups excluding carboxylic acids is 1. The molecule has 0 aliphatic rings. The highest BCUT2D eigenvalue weighted by molar-refractivity contribution is 6.43. The average Bonchev–Trinajstić information content (AvgIpc) is 2.86. The molecule has 1 amide bonds. The van der Waals surface area contributed by atoms with E-state index in [9.17, 15) is 24.5 Å². The molecule has 3 atom stereocenters. The van der Waals surface area contributed by atoms with Crippen LogP contribution in [0, 0.1) is 23.1 Å². The van der Waals surface area contributed by atoms with Gasteiger partial charge in [-0.1, -0.05) is 49.4 Å². The first-order valence-electron chi connectivity index (χ1n) is 11.8. The van der Waals surface area contributed by atoms with Gasteiger partial charge < -0.3 is 20.1 Å². The first-order valence-corrected chi connectivity index (χ1v) is 11.8. The number of benzene rings is 2. The number of carbonyl (C=O) groups is 1. The number of rotatable bonds is 12. The molecule has 0 fully saturated rings. The van der Waals surface area contributed by atoms with Crippen molar-refractivity contribution in [3.05, 3.63) is 95.6 Å². The molecule has 0 radical (unpaired) electrons. The lowest BCUT2D eigenvalue weighted by Gasteiger charge is -2.19. The summed E-state index contributed by atoms with van der Waals surface area (Å²) in [7, 11) is -1.69. The smallest absolute Gasteiger partial charge is 0.475 e. The van der Waals surface area contributed by atoms with Gasteiger partial charge in [0, 0.05) is 6.20 Å². The van der Waals surface area contributed by atoms with Crippen LogP contribution in [0.1, 0.15) is 36.1 Å². The van der Waals surface area contributed by atoms with E-state index < -0.39 is 24.8 Å². The van der Waals surface area contributed by atoms with E-state index in [1.165, 1.54) is 18.3 Å². The van der Waals surface area contributed by atoms with Crippen molar-refractivity contribution in [3.63, 3.8) is 0 Å². The first-order chi connectivity index (χ1) is 17.4. The summed E-state index contributed by atoms with van der Waals surface area (Å²) in [5.74, 6) is -2.00. The molecule has 3 N–H and O–H groups in total. The molecule has 9 heteroatoms. The number of aromatic nitrogens is 1. The summed E-state index contributed by atoms with van der Waals surface area (Å²) in [6, 6.07) is 21.5. The normalized spacial score (nSPS) is 13.2. The van der Waals surface area contributed by atoms with Gasteiger partial charge in [-0.3, -0.25) is 9.78 Å². The highest BCUT2D eigenvalue weighted by Crippen LogP contribution is 2.28. The van der Waals surface area contributed by atoms with E-state index in [-0.39, 0.29) is 37.0 Å². The van der Waals surface area contributed by atoms with Crippen molar-refractivity contribution in [1.82, 2.24) is 10.3 Å². The number of ether oxygens (including phenoxy) is 1. The van der Waals surface area contributed by atoms with Gasteiger partial charge >= 0.3 is 7.12 Å².